The Morgan fingerprint density at radius 1 is 1.32 bits per heavy atom. The Hall–Kier alpha value is -1.76. The zero-order valence-electron chi connectivity index (χ0n) is 11.9. The average molecular weight is 314 g/mol. The van der Waals surface area contributed by atoms with Gasteiger partial charge in [0.05, 0.1) is 17.6 Å². The predicted octanol–water partition coefficient (Wildman–Crippen LogP) is 2.78. The first-order chi connectivity index (χ1) is 10.4. The van der Waals surface area contributed by atoms with Gasteiger partial charge in [-0.2, -0.15) is 13.2 Å². The molecule has 0 radical (unpaired) electrons. The minimum absolute atomic E-state index is 0.0871. The fourth-order valence-corrected chi connectivity index (χ4v) is 3.19. The summed E-state index contributed by atoms with van der Waals surface area (Å²) in [5.74, 6) is 0. The number of nitrogens with one attached hydrogen (secondary N) is 1. The van der Waals surface area contributed by atoms with Crippen LogP contribution in [0.25, 0.3) is 0 Å². The molecule has 1 N–H and O–H groups in total. The van der Waals surface area contributed by atoms with Crippen LogP contribution in [0, 0.1) is 0 Å². The highest BCUT2D eigenvalue weighted by molar-refractivity contribution is 5.71. The molecule has 2 aliphatic heterocycles. The van der Waals surface area contributed by atoms with Crippen molar-refractivity contribution in [2.45, 2.75) is 31.1 Å². The fraction of sp³-hybridized carbons (Fsp3) is 0.533. The molecule has 4 nitrogen and oxygen atoms in total. The molecule has 2 aliphatic rings. The summed E-state index contributed by atoms with van der Waals surface area (Å²) in [5.41, 5.74) is -1.14. The molecule has 0 saturated carbocycles. The number of hydrogen-bond donors (Lipinski definition) is 1. The van der Waals surface area contributed by atoms with E-state index >= 15 is 0 Å². The van der Waals surface area contributed by atoms with Gasteiger partial charge in [-0.1, -0.05) is 18.2 Å². The molecule has 1 unspecified atom stereocenters. The Labute approximate surface area is 126 Å². The number of ether oxygens (including phenoxy) is 1. The molecule has 0 aliphatic carbocycles. The number of alkyl halides is 3. The van der Waals surface area contributed by atoms with Crippen LogP contribution in [0.15, 0.2) is 24.3 Å². The molecule has 0 aromatic heterocycles. The van der Waals surface area contributed by atoms with Crippen LogP contribution >= 0.6 is 0 Å². The van der Waals surface area contributed by atoms with Gasteiger partial charge in [0.15, 0.2) is 0 Å². The molecule has 2 fully saturated rings. The minimum Gasteiger partial charge on any atom is -0.447 e. The largest absolute Gasteiger partial charge is 0.447 e. The molecule has 1 amide bonds. The number of halogens is 3. The predicted molar refractivity (Wildman–Crippen MR) is 73.2 cm³/mol. The number of amides is 1. The van der Waals surface area contributed by atoms with E-state index in [0.717, 1.165) is 25.5 Å². The summed E-state index contributed by atoms with van der Waals surface area (Å²) >= 11 is 0. The maximum Gasteiger partial charge on any atom is 0.416 e. The second-order valence-corrected chi connectivity index (χ2v) is 5.80. The normalized spacial score (nSPS) is 25.6. The molecule has 7 heteroatoms. The van der Waals surface area contributed by atoms with Gasteiger partial charge in [0.1, 0.15) is 6.61 Å². The van der Waals surface area contributed by atoms with Gasteiger partial charge in [-0.15, -0.1) is 0 Å². The van der Waals surface area contributed by atoms with Crippen molar-refractivity contribution in [2.24, 2.45) is 0 Å². The van der Waals surface area contributed by atoms with Crippen LogP contribution in [0.5, 0.6) is 0 Å². The first kappa shape index (κ1) is 15.1. The number of piperidine rings is 1. The van der Waals surface area contributed by atoms with Crippen LogP contribution < -0.4 is 5.32 Å². The van der Waals surface area contributed by atoms with Crippen molar-refractivity contribution in [2.75, 3.05) is 19.7 Å². The number of benzene rings is 1. The number of cyclic esters (lactones) is 1. The van der Waals surface area contributed by atoms with Gasteiger partial charge in [0.2, 0.25) is 0 Å². The third-order valence-corrected chi connectivity index (χ3v) is 4.36. The van der Waals surface area contributed by atoms with Crippen molar-refractivity contribution in [3.63, 3.8) is 0 Å². The van der Waals surface area contributed by atoms with E-state index in [1.165, 1.54) is 17.0 Å². The number of rotatable bonds is 2. The molecule has 2 saturated heterocycles. The van der Waals surface area contributed by atoms with E-state index in [1.807, 2.05) is 0 Å². The Morgan fingerprint density at radius 3 is 2.77 bits per heavy atom. The smallest absolute Gasteiger partial charge is 0.416 e. The maximum absolute atomic E-state index is 13.1. The number of carbonyl (C=O) groups excluding carboxylic acids is 1. The molecular weight excluding hydrogens is 297 g/mol. The zero-order chi connectivity index (χ0) is 15.8. The minimum atomic E-state index is -4.43. The summed E-state index contributed by atoms with van der Waals surface area (Å²) in [7, 11) is 0. The van der Waals surface area contributed by atoms with Crippen LogP contribution in [0.1, 0.15) is 24.0 Å². The van der Waals surface area contributed by atoms with E-state index in [1.54, 1.807) is 6.07 Å². The molecule has 1 atom stereocenters. The first-order valence-corrected chi connectivity index (χ1v) is 7.23. The lowest BCUT2D eigenvalue weighted by molar-refractivity contribution is -0.138. The van der Waals surface area contributed by atoms with E-state index in [-0.39, 0.29) is 18.7 Å². The Kier molecular flexibility index (Phi) is 3.76. The average Bonchev–Trinajstić information content (AvgIpc) is 2.77. The van der Waals surface area contributed by atoms with Crippen molar-refractivity contribution in [3.05, 3.63) is 35.4 Å². The van der Waals surface area contributed by atoms with E-state index in [0.29, 0.717) is 6.54 Å². The molecule has 0 bridgehead atoms. The second-order valence-electron chi connectivity index (χ2n) is 5.80. The van der Waals surface area contributed by atoms with Crippen molar-refractivity contribution in [3.8, 4) is 0 Å². The second kappa shape index (κ2) is 5.46. The van der Waals surface area contributed by atoms with Crippen LogP contribution in [0.4, 0.5) is 18.0 Å². The van der Waals surface area contributed by atoms with Gasteiger partial charge in [0.25, 0.3) is 0 Å². The van der Waals surface area contributed by atoms with Gasteiger partial charge in [-0.05, 0) is 31.0 Å². The highest BCUT2D eigenvalue weighted by atomic mass is 19.4. The van der Waals surface area contributed by atoms with Crippen molar-refractivity contribution in [1.29, 1.82) is 0 Å². The van der Waals surface area contributed by atoms with Gasteiger partial charge < -0.3 is 10.1 Å². The highest BCUT2D eigenvalue weighted by Crippen LogP contribution is 2.36. The quantitative estimate of drug-likeness (QED) is 0.913. The molecule has 1 aromatic rings. The van der Waals surface area contributed by atoms with Gasteiger partial charge in [-0.25, -0.2) is 4.79 Å². The number of hydrogen-bond acceptors (Lipinski definition) is 3. The Balaban J connectivity index is 1.90. The SMILES string of the molecule is O=C1OCC2(CCCNC2)N1Cc1ccccc1C(F)(F)F. The topological polar surface area (TPSA) is 41.6 Å². The fourth-order valence-electron chi connectivity index (χ4n) is 3.19. The summed E-state index contributed by atoms with van der Waals surface area (Å²) in [5, 5.41) is 3.20. The van der Waals surface area contributed by atoms with E-state index < -0.39 is 23.4 Å². The zero-order valence-corrected chi connectivity index (χ0v) is 11.9. The van der Waals surface area contributed by atoms with Gasteiger partial charge in [-0.3, -0.25) is 4.90 Å². The summed E-state index contributed by atoms with van der Waals surface area (Å²) in [6, 6.07) is 5.37. The summed E-state index contributed by atoms with van der Waals surface area (Å²) < 4.78 is 44.4. The van der Waals surface area contributed by atoms with Crippen molar-refractivity contribution < 1.29 is 22.7 Å². The lowest BCUT2D eigenvalue weighted by Crippen LogP contribution is -2.56. The lowest BCUT2D eigenvalue weighted by atomic mass is 9.89. The molecule has 22 heavy (non-hydrogen) atoms. The maximum atomic E-state index is 13.1. The number of nitrogens with zero attached hydrogens (tertiary/aromatic N) is 1. The van der Waals surface area contributed by atoms with E-state index in [4.69, 9.17) is 4.74 Å². The molecule has 1 spiro atoms. The summed E-state index contributed by atoms with van der Waals surface area (Å²) in [6.45, 7) is 1.54. The molecule has 2 heterocycles. The molecule has 120 valence electrons. The Morgan fingerprint density at radius 2 is 2.09 bits per heavy atom. The van der Waals surface area contributed by atoms with Crippen molar-refractivity contribution in [1.82, 2.24) is 10.2 Å². The van der Waals surface area contributed by atoms with Crippen LogP contribution in [0.2, 0.25) is 0 Å². The van der Waals surface area contributed by atoms with Crippen LogP contribution in [0.3, 0.4) is 0 Å². The van der Waals surface area contributed by atoms with Gasteiger partial charge >= 0.3 is 12.3 Å². The van der Waals surface area contributed by atoms with E-state index in [9.17, 15) is 18.0 Å². The third-order valence-electron chi connectivity index (χ3n) is 4.36. The highest BCUT2D eigenvalue weighted by Gasteiger charge is 2.48. The first-order valence-electron chi connectivity index (χ1n) is 7.23. The summed E-state index contributed by atoms with van der Waals surface area (Å²) in [4.78, 5) is 13.5. The number of carbonyl (C=O) groups is 1. The lowest BCUT2D eigenvalue weighted by Gasteiger charge is -2.39. The molecule has 1 aromatic carbocycles. The third kappa shape index (κ3) is 2.65. The van der Waals surface area contributed by atoms with Crippen molar-refractivity contribution >= 4 is 6.09 Å². The van der Waals surface area contributed by atoms with Crippen LogP contribution in [-0.4, -0.2) is 36.2 Å². The standard InChI is InChI=1S/C15H17F3N2O2/c16-15(17,18)12-5-2-1-4-11(12)8-20-13(21)22-10-14(20)6-3-7-19-9-14/h1-2,4-5,19H,3,6-10H2. The monoisotopic (exact) mass is 314 g/mol. The summed E-state index contributed by atoms with van der Waals surface area (Å²) in [6.07, 6.45) is -3.37. The molecular formula is C15H17F3N2O2. The van der Waals surface area contributed by atoms with Crippen LogP contribution in [-0.2, 0) is 17.5 Å². The Bertz CT molecular complexity index is 568. The van der Waals surface area contributed by atoms with Gasteiger partial charge in [0, 0.05) is 6.54 Å². The van der Waals surface area contributed by atoms with E-state index in [2.05, 4.69) is 5.32 Å². The molecule has 3 rings (SSSR count).